The molecule has 1 aliphatic carbocycles. The fourth-order valence-electron chi connectivity index (χ4n) is 3.51. The Balaban J connectivity index is 2.23. The van der Waals surface area contributed by atoms with E-state index in [1.54, 1.807) is 0 Å². The van der Waals surface area contributed by atoms with E-state index in [0.717, 1.165) is 17.5 Å². The fourth-order valence-corrected chi connectivity index (χ4v) is 3.51. The van der Waals surface area contributed by atoms with Gasteiger partial charge in [-0.15, -0.1) is 0 Å². The lowest BCUT2D eigenvalue weighted by molar-refractivity contribution is 0.268. The highest BCUT2D eigenvalue weighted by molar-refractivity contribution is 5.53. The molecule has 1 fully saturated rings. The van der Waals surface area contributed by atoms with E-state index in [9.17, 15) is 0 Å². The minimum absolute atomic E-state index is 0.426. The molecule has 19 heavy (non-hydrogen) atoms. The van der Waals surface area contributed by atoms with E-state index < -0.39 is 0 Å². The molecule has 3 heteroatoms. The monoisotopic (exact) mass is 263 g/mol. The number of anilines is 1. The molecule has 0 amide bonds. The first-order valence-electron chi connectivity index (χ1n) is 7.74. The first-order chi connectivity index (χ1) is 8.91. The minimum atomic E-state index is 0.426. The van der Waals surface area contributed by atoms with Gasteiger partial charge >= 0.3 is 0 Å². The Morgan fingerprint density at radius 2 is 1.74 bits per heavy atom. The third-order valence-electron chi connectivity index (χ3n) is 4.67. The number of aromatic nitrogens is 2. The third-order valence-corrected chi connectivity index (χ3v) is 4.67. The van der Waals surface area contributed by atoms with E-state index in [2.05, 4.69) is 56.6 Å². The average Bonchev–Trinajstić information content (AvgIpc) is 2.61. The smallest absolute Gasteiger partial charge is 0.0828 e. The van der Waals surface area contributed by atoms with Gasteiger partial charge in [-0.2, -0.15) is 5.10 Å². The van der Waals surface area contributed by atoms with Crippen LogP contribution in [0.25, 0.3) is 0 Å². The molecule has 3 nitrogen and oxygen atoms in total. The van der Waals surface area contributed by atoms with Crippen LogP contribution < -0.4 is 5.32 Å². The Kier molecular flexibility index (Phi) is 4.22. The van der Waals surface area contributed by atoms with Gasteiger partial charge in [0.25, 0.3) is 0 Å². The van der Waals surface area contributed by atoms with Gasteiger partial charge in [0.2, 0.25) is 0 Å². The van der Waals surface area contributed by atoms with Crippen molar-refractivity contribution >= 4 is 5.69 Å². The van der Waals surface area contributed by atoms with E-state index in [1.807, 2.05) is 0 Å². The summed E-state index contributed by atoms with van der Waals surface area (Å²) in [5, 5.41) is 8.49. The molecule has 1 aromatic rings. The highest BCUT2D eigenvalue weighted by atomic mass is 15.3. The van der Waals surface area contributed by atoms with Gasteiger partial charge in [0.15, 0.2) is 0 Å². The largest absolute Gasteiger partial charge is 0.379 e. The zero-order valence-corrected chi connectivity index (χ0v) is 13.3. The summed E-state index contributed by atoms with van der Waals surface area (Å²) in [5.41, 5.74) is 3.67. The predicted octanol–water partition coefficient (Wildman–Crippen LogP) is 4.32. The Morgan fingerprint density at radius 1 is 1.16 bits per heavy atom. The maximum absolute atomic E-state index is 4.68. The molecule has 2 rings (SSSR count). The fraction of sp³-hybridized carbons (Fsp3) is 0.812. The lowest BCUT2D eigenvalue weighted by atomic mass is 9.78. The highest BCUT2D eigenvalue weighted by Gasteiger charge is 2.29. The maximum Gasteiger partial charge on any atom is 0.0828 e. The van der Waals surface area contributed by atoms with Gasteiger partial charge in [-0.3, -0.25) is 4.68 Å². The molecule has 1 N–H and O–H groups in total. The summed E-state index contributed by atoms with van der Waals surface area (Å²) in [6.07, 6.45) is 4.07. The van der Waals surface area contributed by atoms with Gasteiger partial charge in [0.05, 0.1) is 17.1 Å². The number of nitrogens with zero attached hydrogens (tertiary/aromatic N) is 2. The first-order valence-corrected chi connectivity index (χ1v) is 7.74. The van der Waals surface area contributed by atoms with Crippen LogP contribution in [0.4, 0.5) is 5.69 Å². The molecule has 0 aliphatic heterocycles. The Morgan fingerprint density at radius 3 is 2.21 bits per heavy atom. The van der Waals surface area contributed by atoms with Gasteiger partial charge in [-0.1, -0.05) is 20.3 Å². The zero-order chi connectivity index (χ0) is 14.2. The Labute approximate surface area is 117 Å². The van der Waals surface area contributed by atoms with Gasteiger partial charge < -0.3 is 5.32 Å². The van der Waals surface area contributed by atoms with Crippen molar-refractivity contribution in [2.24, 2.45) is 11.8 Å². The van der Waals surface area contributed by atoms with Crippen LogP contribution in [0.2, 0.25) is 0 Å². The van der Waals surface area contributed by atoms with Crippen molar-refractivity contribution in [1.29, 1.82) is 0 Å². The van der Waals surface area contributed by atoms with Gasteiger partial charge in [0, 0.05) is 12.1 Å². The van der Waals surface area contributed by atoms with Crippen molar-refractivity contribution in [2.75, 3.05) is 5.32 Å². The maximum atomic E-state index is 4.68. The number of aryl methyl sites for hydroxylation is 1. The molecular weight excluding hydrogens is 234 g/mol. The van der Waals surface area contributed by atoms with Crippen molar-refractivity contribution in [2.45, 2.75) is 72.9 Å². The summed E-state index contributed by atoms with van der Waals surface area (Å²) in [6, 6.07) is 1.02. The lowest BCUT2D eigenvalue weighted by Gasteiger charge is -2.36. The van der Waals surface area contributed by atoms with Crippen molar-refractivity contribution in [3.63, 3.8) is 0 Å². The quantitative estimate of drug-likeness (QED) is 0.880. The van der Waals surface area contributed by atoms with Crippen molar-refractivity contribution in [3.8, 4) is 0 Å². The molecule has 0 radical (unpaired) electrons. The molecule has 1 saturated carbocycles. The molecule has 1 aliphatic rings. The van der Waals surface area contributed by atoms with E-state index in [1.165, 1.54) is 30.6 Å². The molecule has 0 bridgehead atoms. The van der Waals surface area contributed by atoms with Crippen LogP contribution >= 0.6 is 0 Å². The van der Waals surface area contributed by atoms with Gasteiger partial charge in [-0.05, 0) is 52.4 Å². The van der Waals surface area contributed by atoms with E-state index in [4.69, 9.17) is 0 Å². The summed E-state index contributed by atoms with van der Waals surface area (Å²) in [6.45, 7) is 13.4. The summed E-state index contributed by atoms with van der Waals surface area (Å²) >= 11 is 0. The van der Waals surface area contributed by atoms with Gasteiger partial charge in [-0.25, -0.2) is 0 Å². The molecule has 0 spiro atoms. The highest BCUT2D eigenvalue weighted by Crippen LogP contribution is 2.33. The second-order valence-electron chi connectivity index (χ2n) is 6.64. The second-order valence-corrected chi connectivity index (χ2v) is 6.64. The van der Waals surface area contributed by atoms with Gasteiger partial charge in [0.1, 0.15) is 0 Å². The topological polar surface area (TPSA) is 29.9 Å². The standard InChI is InChI=1S/C16H29N3/c1-10(2)19-14(6)16(13(5)18-19)17-15-11(3)8-7-9-12(15)4/h10-12,15,17H,7-9H2,1-6H3. The molecule has 2 atom stereocenters. The normalized spacial score (nSPS) is 27.8. The molecule has 1 aromatic heterocycles. The SMILES string of the molecule is Cc1nn(C(C)C)c(C)c1NC1C(C)CCCC1C. The molecule has 2 unspecified atom stereocenters. The van der Waals surface area contributed by atoms with Crippen molar-refractivity contribution in [3.05, 3.63) is 11.4 Å². The molecular formula is C16H29N3. The number of nitrogens with one attached hydrogen (secondary N) is 1. The Hall–Kier alpha value is -0.990. The van der Waals surface area contributed by atoms with E-state index in [0.29, 0.717) is 12.1 Å². The lowest BCUT2D eigenvalue weighted by Crippen LogP contribution is -2.37. The number of hydrogen-bond acceptors (Lipinski definition) is 2. The number of rotatable bonds is 3. The summed E-state index contributed by atoms with van der Waals surface area (Å²) in [7, 11) is 0. The Bertz CT molecular complexity index is 423. The summed E-state index contributed by atoms with van der Waals surface area (Å²) in [5.74, 6) is 1.51. The minimum Gasteiger partial charge on any atom is -0.379 e. The van der Waals surface area contributed by atoms with Crippen LogP contribution in [0.5, 0.6) is 0 Å². The molecule has 0 aromatic carbocycles. The van der Waals surface area contributed by atoms with Crippen LogP contribution in [0, 0.1) is 25.7 Å². The van der Waals surface area contributed by atoms with E-state index in [-0.39, 0.29) is 0 Å². The van der Waals surface area contributed by atoms with Crippen molar-refractivity contribution < 1.29 is 0 Å². The summed E-state index contributed by atoms with van der Waals surface area (Å²) in [4.78, 5) is 0. The van der Waals surface area contributed by atoms with Crippen LogP contribution in [0.3, 0.4) is 0 Å². The van der Waals surface area contributed by atoms with E-state index >= 15 is 0 Å². The predicted molar refractivity (Wildman–Crippen MR) is 81.7 cm³/mol. The van der Waals surface area contributed by atoms with Crippen LogP contribution in [0.15, 0.2) is 0 Å². The van der Waals surface area contributed by atoms with Crippen LogP contribution in [-0.2, 0) is 0 Å². The molecule has 0 saturated heterocycles. The number of hydrogen-bond donors (Lipinski definition) is 1. The summed E-state index contributed by atoms with van der Waals surface area (Å²) < 4.78 is 2.13. The third kappa shape index (κ3) is 2.80. The molecule has 1 heterocycles. The van der Waals surface area contributed by atoms with Crippen LogP contribution in [0.1, 0.15) is 64.4 Å². The second kappa shape index (κ2) is 5.56. The van der Waals surface area contributed by atoms with Crippen LogP contribution in [-0.4, -0.2) is 15.8 Å². The average molecular weight is 263 g/mol. The zero-order valence-electron chi connectivity index (χ0n) is 13.3. The van der Waals surface area contributed by atoms with Crippen molar-refractivity contribution in [1.82, 2.24) is 9.78 Å². The first kappa shape index (κ1) is 14.4. The molecule has 108 valence electrons.